The fraction of sp³-hybridized carbons (Fsp3) is 0.211. The molecular formula is C19H20FNO. The summed E-state index contributed by atoms with van der Waals surface area (Å²) in [5.74, 6) is -0.624. The third kappa shape index (κ3) is 4.04. The van der Waals surface area contributed by atoms with Crippen LogP contribution in [-0.4, -0.2) is 5.91 Å². The summed E-state index contributed by atoms with van der Waals surface area (Å²) in [4.78, 5) is 12.1. The Balaban J connectivity index is 2.15. The van der Waals surface area contributed by atoms with Gasteiger partial charge in [-0.2, -0.15) is 0 Å². The maximum Gasteiger partial charge on any atom is 0.248 e. The number of benzene rings is 2. The average Bonchev–Trinajstić information content (AvgIpc) is 2.46. The Hall–Kier alpha value is -2.42. The summed E-state index contributed by atoms with van der Waals surface area (Å²) in [5, 5.41) is 2.86. The smallest absolute Gasteiger partial charge is 0.248 e. The van der Waals surface area contributed by atoms with E-state index in [2.05, 4.69) is 26.1 Å². The standard InChI is InChI=1S/C19H20FNO/c1-19(2,3)15-9-5-7-11-17(15)21-18(22)13-12-14-8-4-6-10-16(14)20/h4-13H,1-3H3,(H,21,22)/b13-12+. The van der Waals surface area contributed by atoms with Crippen LogP contribution in [0.1, 0.15) is 31.9 Å². The van der Waals surface area contributed by atoms with Crippen LogP contribution in [0.5, 0.6) is 0 Å². The van der Waals surface area contributed by atoms with Crippen LogP contribution in [0.3, 0.4) is 0 Å². The van der Waals surface area contributed by atoms with Crippen LogP contribution in [0, 0.1) is 5.82 Å². The van der Waals surface area contributed by atoms with Gasteiger partial charge in [-0.3, -0.25) is 4.79 Å². The van der Waals surface area contributed by atoms with Crippen LogP contribution in [-0.2, 0) is 10.2 Å². The van der Waals surface area contributed by atoms with E-state index in [1.54, 1.807) is 18.2 Å². The summed E-state index contributed by atoms with van der Waals surface area (Å²) in [6, 6.07) is 14.0. The number of carbonyl (C=O) groups excluding carboxylic acids is 1. The van der Waals surface area contributed by atoms with Crippen molar-refractivity contribution in [3.05, 3.63) is 71.6 Å². The van der Waals surface area contributed by atoms with Gasteiger partial charge in [-0.05, 0) is 29.2 Å². The average molecular weight is 297 g/mol. The summed E-state index contributed by atoms with van der Waals surface area (Å²) in [7, 11) is 0. The number of hydrogen-bond acceptors (Lipinski definition) is 1. The van der Waals surface area contributed by atoms with E-state index in [9.17, 15) is 9.18 Å². The van der Waals surface area contributed by atoms with E-state index in [0.29, 0.717) is 5.56 Å². The normalized spacial score (nSPS) is 11.6. The first kappa shape index (κ1) is 16.0. The molecule has 0 aliphatic rings. The highest BCUT2D eigenvalue weighted by molar-refractivity contribution is 6.02. The SMILES string of the molecule is CC(C)(C)c1ccccc1NC(=O)/C=C/c1ccccc1F. The molecule has 0 saturated heterocycles. The lowest BCUT2D eigenvalue weighted by Crippen LogP contribution is -2.17. The lowest BCUT2D eigenvalue weighted by molar-refractivity contribution is -0.111. The number of carbonyl (C=O) groups is 1. The van der Waals surface area contributed by atoms with Crippen molar-refractivity contribution < 1.29 is 9.18 Å². The molecule has 0 radical (unpaired) electrons. The molecule has 0 saturated carbocycles. The number of anilines is 1. The maximum absolute atomic E-state index is 13.5. The molecule has 1 N–H and O–H groups in total. The summed E-state index contributed by atoms with van der Waals surface area (Å²) < 4.78 is 13.5. The molecule has 0 fully saturated rings. The Kier molecular flexibility index (Phi) is 4.76. The van der Waals surface area contributed by atoms with Crippen LogP contribution < -0.4 is 5.32 Å². The topological polar surface area (TPSA) is 29.1 Å². The molecule has 3 heteroatoms. The molecule has 22 heavy (non-hydrogen) atoms. The highest BCUT2D eigenvalue weighted by atomic mass is 19.1. The molecule has 0 spiro atoms. The third-order valence-corrected chi connectivity index (χ3v) is 3.31. The minimum atomic E-state index is -0.346. The number of nitrogens with one attached hydrogen (secondary N) is 1. The van der Waals surface area contributed by atoms with Gasteiger partial charge in [-0.25, -0.2) is 4.39 Å². The van der Waals surface area contributed by atoms with Gasteiger partial charge in [0.2, 0.25) is 5.91 Å². The van der Waals surface area contributed by atoms with E-state index in [4.69, 9.17) is 0 Å². The molecule has 0 bridgehead atoms. The second-order valence-electron chi connectivity index (χ2n) is 6.14. The highest BCUT2D eigenvalue weighted by Gasteiger charge is 2.17. The molecule has 2 aromatic carbocycles. The zero-order valence-electron chi connectivity index (χ0n) is 13.1. The van der Waals surface area contributed by atoms with E-state index in [0.717, 1.165) is 11.3 Å². The van der Waals surface area contributed by atoms with Crippen molar-refractivity contribution in [1.29, 1.82) is 0 Å². The van der Waals surface area contributed by atoms with Crippen molar-refractivity contribution >= 4 is 17.7 Å². The van der Waals surface area contributed by atoms with Gasteiger partial charge >= 0.3 is 0 Å². The summed E-state index contributed by atoms with van der Waals surface area (Å²) in [6.07, 6.45) is 2.82. The summed E-state index contributed by atoms with van der Waals surface area (Å²) in [6.45, 7) is 6.27. The summed E-state index contributed by atoms with van der Waals surface area (Å²) >= 11 is 0. The van der Waals surface area contributed by atoms with Gasteiger partial charge in [0.15, 0.2) is 0 Å². The Bertz CT molecular complexity index is 699. The van der Waals surface area contributed by atoms with Gasteiger partial charge in [0.1, 0.15) is 5.82 Å². The number of rotatable bonds is 3. The van der Waals surface area contributed by atoms with Crippen molar-refractivity contribution in [2.45, 2.75) is 26.2 Å². The third-order valence-electron chi connectivity index (χ3n) is 3.31. The molecule has 114 valence electrons. The minimum Gasteiger partial charge on any atom is -0.322 e. The monoisotopic (exact) mass is 297 g/mol. The molecule has 0 unspecified atom stereocenters. The largest absolute Gasteiger partial charge is 0.322 e. The first-order valence-electron chi connectivity index (χ1n) is 7.21. The molecule has 0 aliphatic carbocycles. The Morgan fingerprint density at radius 1 is 1.05 bits per heavy atom. The molecule has 2 rings (SSSR count). The van der Waals surface area contributed by atoms with Crippen molar-refractivity contribution in [3.8, 4) is 0 Å². The zero-order valence-corrected chi connectivity index (χ0v) is 13.1. The Morgan fingerprint density at radius 2 is 1.68 bits per heavy atom. The van der Waals surface area contributed by atoms with Gasteiger partial charge in [0, 0.05) is 17.3 Å². The van der Waals surface area contributed by atoms with E-state index in [1.165, 1.54) is 18.2 Å². The zero-order chi connectivity index (χ0) is 16.2. The molecule has 0 heterocycles. The van der Waals surface area contributed by atoms with Gasteiger partial charge in [0.05, 0.1) is 0 Å². The van der Waals surface area contributed by atoms with Crippen molar-refractivity contribution in [2.24, 2.45) is 0 Å². The predicted molar refractivity (Wildman–Crippen MR) is 89.2 cm³/mol. The molecule has 0 atom stereocenters. The first-order valence-corrected chi connectivity index (χ1v) is 7.21. The van der Waals surface area contributed by atoms with Gasteiger partial charge in [-0.1, -0.05) is 57.2 Å². The molecule has 0 aromatic heterocycles. The van der Waals surface area contributed by atoms with Crippen LogP contribution in [0.25, 0.3) is 6.08 Å². The van der Waals surface area contributed by atoms with Crippen LogP contribution in [0.15, 0.2) is 54.6 Å². The van der Waals surface area contributed by atoms with Crippen LogP contribution >= 0.6 is 0 Å². The molecule has 2 nitrogen and oxygen atoms in total. The van der Waals surface area contributed by atoms with E-state index < -0.39 is 0 Å². The van der Waals surface area contributed by atoms with Crippen LogP contribution in [0.4, 0.5) is 10.1 Å². The Morgan fingerprint density at radius 3 is 2.36 bits per heavy atom. The molecular weight excluding hydrogens is 277 g/mol. The van der Waals surface area contributed by atoms with E-state index in [1.807, 2.05) is 24.3 Å². The number of halogens is 1. The van der Waals surface area contributed by atoms with Gasteiger partial charge in [-0.15, -0.1) is 0 Å². The Labute approximate surface area is 130 Å². The van der Waals surface area contributed by atoms with Gasteiger partial charge in [0.25, 0.3) is 0 Å². The van der Waals surface area contributed by atoms with E-state index in [-0.39, 0.29) is 17.1 Å². The number of hydrogen-bond donors (Lipinski definition) is 1. The molecule has 0 aliphatic heterocycles. The highest BCUT2D eigenvalue weighted by Crippen LogP contribution is 2.29. The van der Waals surface area contributed by atoms with Crippen molar-refractivity contribution in [1.82, 2.24) is 0 Å². The van der Waals surface area contributed by atoms with E-state index >= 15 is 0 Å². The van der Waals surface area contributed by atoms with Crippen molar-refractivity contribution in [2.75, 3.05) is 5.32 Å². The number of para-hydroxylation sites is 1. The quantitative estimate of drug-likeness (QED) is 0.812. The van der Waals surface area contributed by atoms with Crippen molar-refractivity contribution in [3.63, 3.8) is 0 Å². The second kappa shape index (κ2) is 6.56. The summed E-state index contributed by atoms with van der Waals surface area (Å²) in [5.41, 5.74) is 2.15. The predicted octanol–water partition coefficient (Wildman–Crippen LogP) is 4.78. The van der Waals surface area contributed by atoms with Gasteiger partial charge < -0.3 is 5.32 Å². The molecule has 2 aromatic rings. The fourth-order valence-electron chi connectivity index (χ4n) is 2.20. The lowest BCUT2D eigenvalue weighted by atomic mass is 9.86. The number of amides is 1. The minimum absolute atomic E-state index is 0.0703. The first-order chi connectivity index (χ1) is 10.4. The maximum atomic E-state index is 13.5. The molecule has 1 amide bonds. The lowest BCUT2D eigenvalue weighted by Gasteiger charge is -2.22. The van der Waals surface area contributed by atoms with Crippen LogP contribution in [0.2, 0.25) is 0 Å². The second-order valence-corrected chi connectivity index (χ2v) is 6.14. The fourth-order valence-corrected chi connectivity index (χ4v) is 2.20.